The summed E-state index contributed by atoms with van der Waals surface area (Å²) in [6.07, 6.45) is 1.57. The van der Waals surface area contributed by atoms with E-state index in [2.05, 4.69) is 10.4 Å². The van der Waals surface area contributed by atoms with Crippen LogP contribution in [0.2, 0.25) is 0 Å². The number of hydrogen-bond donors (Lipinski definition) is 2. The fourth-order valence-corrected chi connectivity index (χ4v) is 2.22. The molecule has 2 heterocycles. The molecule has 0 unspecified atom stereocenters. The summed E-state index contributed by atoms with van der Waals surface area (Å²) in [6.45, 7) is 4.19. The minimum absolute atomic E-state index is 0.0208. The van der Waals surface area contributed by atoms with Crippen molar-refractivity contribution in [3.05, 3.63) is 41.0 Å². The molecule has 0 spiro atoms. The van der Waals surface area contributed by atoms with Crippen LogP contribution in [0.1, 0.15) is 27.4 Å². The summed E-state index contributed by atoms with van der Waals surface area (Å²) >= 11 is 0. The van der Waals surface area contributed by atoms with Gasteiger partial charge in [0.05, 0.1) is 5.69 Å². The first-order valence-electron chi connectivity index (χ1n) is 6.54. The van der Waals surface area contributed by atoms with Gasteiger partial charge in [0.1, 0.15) is 12.2 Å². The smallest absolute Gasteiger partial charge is 0.352 e. The van der Waals surface area contributed by atoms with Gasteiger partial charge in [0, 0.05) is 31.0 Å². The van der Waals surface area contributed by atoms with E-state index in [1.54, 1.807) is 16.9 Å². The van der Waals surface area contributed by atoms with Gasteiger partial charge in [-0.1, -0.05) is 0 Å². The van der Waals surface area contributed by atoms with E-state index in [0.29, 0.717) is 6.54 Å². The van der Waals surface area contributed by atoms with E-state index >= 15 is 0 Å². The summed E-state index contributed by atoms with van der Waals surface area (Å²) in [6, 6.07) is 3.07. The van der Waals surface area contributed by atoms with Crippen LogP contribution in [0.15, 0.2) is 18.3 Å². The molecule has 0 saturated carbocycles. The summed E-state index contributed by atoms with van der Waals surface area (Å²) in [7, 11) is 1.85. The number of nitrogens with zero attached hydrogens (tertiary/aromatic N) is 3. The second-order valence-corrected chi connectivity index (χ2v) is 4.88. The average Bonchev–Trinajstić information content (AvgIpc) is 2.94. The fourth-order valence-electron chi connectivity index (χ4n) is 2.22. The Morgan fingerprint density at radius 1 is 1.38 bits per heavy atom. The van der Waals surface area contributed by atoms with Crippen molar-refractivity contribution in [2.45, 2.75) is 26.9 Å². The number of nitrogens with one attached hydrogen (secondary N) is 1. The molecule has 0 aliphatic carbocycles. The molecular weight excluding hydrogens is 272 g/mol. The van der Waals surface area contributed by atoms with E-state index in [0.717, 1.165) is 17.0 Å². The Kier molecular flexibility index (Phi) is 4.11. The number of carbonyl (C=O) groups is 2. The zero-order valence-electron chi connectivity index (χ0n) is 12.3. The second kappa shape index (κ2) is 5.82. The molecule has 2 aromatic rings. The van der Waals surface area contributed by atoms with Crippen molar-refractivity contribution in [1.82, 2.24) is 19.7 Å². The molecule has 0 aliphatic heterocycles. The van der Waals surface area contributed by atoms with Gasteiger partial charge in [-0.2, -0.15) is 5.10 Å². The lowest BCUT2D eigenvalue weighted by atomic mass is 10.2. The summed E-state index contributed by atoms with van der Waals surface area (Å²) < 4.78 is 3.17. The van der Waals surface area contributed by atoms with Gasteiger partial charge in [-0.25, -0.2) is 4.79 Å². The van der Waals surface area contributed by atoms with Crippen LogP contribution in [0.4, 0.5) is 0 Å². The first kappa shape index (κ1) is 14.8. The second-order valence-electron chi connectivity index (χ2n) is 4.88. The van der Waals surface area contributed by atoms with Crippen molar-refractivity contribution in [3.8, 4) is 0 Å². The Hall–Kier alpha value is -2.57. The van der Waals surface area contributed by atoms with Crippen LogP contribution >= 0.6 is 0 Å². The lowest BCUT2D eigenvalue weighted by Crippen LogP contribution is -2.28. The number of aryl methyl sites for hydroxylation is 2. The van der Waals surface area contributed by atoms with Crippen LogP contribution in [-0.2, 0) is 24.9 Å². The number of carboxylic acids is 1. The predicted molar refractivity (Wildman–Crippen MR) is 75.9 cm³/mol. The molecule has 0 aliphatic rings. The van der Waals surface area contributed by atoms with Gasteiger partial charge in [-0.05, 0) is 26.0 Å². The Morgan fingerprint density at radius 3 is 2.67 bits per heavy atom. The third kappa shape index (κ3) is 3.13. The zero-order chi connectivity index (χ0) is 15.6. The van der Waals surface area contributed by atoms with Crippen LogP contribution in [0.3, 0.4) is 0 Å². The molecule has 2 aromatic heterocycles. The standard InChI is InChI=1S/C14H18N4O3/c1-9-11(10(2)17(3)16-9)7-15-13(19)8-18-6-4-5-12(18)14(20)21/h4-6H,7-8H2,1-3H3,(H,15,19)(H,20,21). The van der Waals surface area contributed by atoms with Crippen molar-refractivity contribution in [3.63, 3.8) is 0 Å². The Balaban J connectivity index is 1.99. The molecule has 112 valence electrons. The Bertz CT molecular complexity index is 684. The molecule has 2 N–H and O–H groups in total. The van der Waals surface area contributed by atoms with Crippen molar-refractivity contribution >= 4 is 11.9 Å². The minimum Gasteiger partial charge on any atom is -0.477 e. The van der Waals surface area contributed by atoms with Gasteiger partial charge < -0.3 is 15.0 Å². The van der Waals surface area contributed by atoms with E-state index in [9.17, 15) is 9.59 Å². The molecule has 0 aromatic carbocycles. The molecule has 1 amide bonds. The van der Waals surface area contributed by atoms with Gasteiger partial charge in [-0.15, -0.1) is 0 Å². The monoisotopic (exact) mass is 290 g/mol. The number of aromatic nitrogens is 3. The third-order valence-electron chi connectivity index (χ3n) is 3.48. The number of carboxylic acid groups (broad SMARTS) is 1. The van der Waals surface area contributed by atoms with Crippen LogP contribution in [0.25, 0.3) is 0 Å². The molecule has 21 heavy (non-hydrogen) atoms. The highest BCUT2D eigenvalue weighted by molar-refractivity contribution is 5.86. The van der Waals surface area contributed by atoms with Gasteiger partial charge in [-0.3, -0.25) is 9.48 Å². The summed E-state index contributed by atoms with van der Waals surface area (Å²) in [5.41, 5.74) is 2.96. The summed E-state index contributed by atoms with van der Waals surface area (Å²) in [5.74, 6) is -1.29. The topological polar surface area (TPSA) is 89.2 Å². The maximum absolute atomic E-state index is 11.9. The van der Waals surface area contributed by atoms with E-state index in [1.165, 1.54) is 10.6 Å². The molecule has 7 nitrogen and oxygen atoms in total. The molecule has 7 heteroatoms. The van der Waals surface area contributed by atoms with Crippen molar-refractivity contribution < 1.29 is 14.7 Å². The zero-order valence-corrected chi connectivity index (χ0v) is 12.3. The predicted octanol–water partition coefficient (Wildman–Crippen LogP) is 0.853. The number of rotatable bonds is 5. The van der Waals surface area contributed by atoms with Gasteiger partial charge >= 0.3 is 5.97 Å². The average molecular weight is 290 g/mol. The quantitative estimate of drug-likeness (QED) is 0.854. The normalized spacial score (nSPS) is 10.6. The minimum atomic E-state index is -1.05. The van der Waals surface area contributed by atoms with Crippen LogP contribution < -0.4 is 5.32 Å². The van der Waals surface area contributed by atoms with E-state index < -0.39 is 5.97 Å². The lowest BCUT2D eigenvalue weighted by Gasteiger charge is -2.08. The molecule has 0 bridgehead atoms. The molecule has 0 radical (unpaired) electrons. The van der Waals surface area contributed by atoms with Crippen LogP contribution in [0, 0.1) is 13.8 Å². The first-order valence-corrected chi connectivity index (χ1v) is 6.54. The summed E-state index contributed by atoms with van der Waals surface area (Å²) in [5, 5.41) is 16.1. The highest BCUT2D eigenvalue weighted by Crippen LogP contribution is 2.11. The molecule has 2 rings (SSSR count). The number of carbonyl (C=O) groups excluding carboxylic acids is 1. The number of hydrogen-bond acceptors (Lipinski definition) is 3. The van der Waals surface area contributed by atoms with Crippen molar-refractivity contribution in [2.24, 2.45) is 7.05 Å². The molecule has 0 fully saturated rings. The van der Waals surface area contributed by atoms with E-state index in [4.69, 9.17) is 5.11 Å². The van der Waals surface area contributed by atoms with Gasteiger partial charge in [0.25, 0.3) is 0 Å². The van der Waals surface area contributed by atoms with Gasteiger partial charge in [0.2, 0.25) is 5.91 Å². The van der Waals surface area contributed by atoms with Crippen LogP contribution in [0.5, 0.6) is 0 Å². The first-order chi connectivity index (χ1) is 9.90. The highest BCUT2D eigenvalue weighted by Gasteiger charge is 2.13. The molecular formula is C14H18N4O3. The maximum atomic E-state index is 11.9. The lowest BCUT2D eigenvalue weighted by molar-refractivity contribution is -0.121. The van der Waals surface area contributed by atoms with Crippen molar-refractivity contribution in [2.75, 3.05) is 0 Å². The van der Waals surface area contributed by atoms with Crippen molar-refractivity contribution in [1.29, 1.82) is 0 Å². The number of amides is 1. The van der Waals surface area contributed by atoms with E-state index in [1.807, 2.05) is 20.9 Å². The highest BCUT2D eigenvalue weighted by atomic mass is 16.4. The SMILES string of the molecule is Cc1nn(C)c(C)c1CNC(=O)Cn1cccc1C(=O)O. The Morgan fingerprint density at radius 2 is 2.10 bits per heavy atom. The largest absolute Gasteiger partial charge is 0.477 e. The molecule has 0 saturated heterocycles. The third-order valence-corrected chi connectivity index (χ3v) is 3.48. The summed E-state index contributed by atoms with van der Waals surface area (Å²) in [4.78, 5) is 22.9. The van der Waals surface area contributed by atoms with Crippen LogP contribution in [-0.4, -0.2) is 31.3 Å². The molecule has 0 atom stereocenters. The fraction of sp³-hybridized carbons (Fsp3) is 0.357. The maximum Gasteiger partial charge on any atom is 0.352 e. The van der Waals surface area contributed by atoms with Gasteiger partial charge in [0.15, 0.2) is 0 Å². The van der Waals surface area contributed by atoms with E-state index in [-0.39, 0.29) is 18.1 Å². The Labute approximate surface area is 122 Å². The number of aromatic carboxylic acids is 1.